The average molecular weight is 233 g/mol. The summed E-state index contributed by atoms with van der Waals surface area (Å²) in [7, 11) is 2.09. The second-order valence-corrected chi connectivity index (χ2v) is 4.42. The molecule has 0 saturated carbocycles. The largest absolute Gasteiger partial charge is 0.350 e. The fourth-order valence-electron chi connectivity index (χ4n) is 2.34. The van der Waals surface area contributed by atoms with Crippen molar-refractivity contribution >= 4 is 0 Å². The van der Waals surface area contributed by atoms with Crippen LogP contribution in [0.1, 0.15) is 0 Å². The van der Waals surface area contributed by atoms with Crippen LogP contribution in [0.4, 0.5) is 0 Å². The van der Waals surface area contributed by atoms with Gasteiger partial charge in [0.05, 0.1) is 5.69 Å². The summed E-state index contributed by atoms with van der Waals surface area (Å²) >= 11 is 0. The summed E-state index contributed by atoms with van der Waals surface area (Å²) in [5, 5.41) is 0. The van der Waals surface area contributed by atoms with Crippen molar-refractivity contribution in [1.29, 1.82) is 0 Å². The van der Waals surface area contributed by atoms with E-state index in [9.17, 15) is 0 Å². The van der Waals surface area contributed by atoms with Gasteiger partial charge >= 0.3 is 0 Å². The maximum absolute atomic E-state index is 2.18. The maximum Gasteiger partial charge on any atom is 0.0557 e. The smallest absolute Gasteiger partial charge is 0.0557 e. The first-order valence-electron chi connectivity index (χ1n) is 6.12. The highest BCUT2D eigenvalue weighted by Gasteiger charge is 2.10. The molecular formula is C17H15N. The van der Waals surface area contributed by atoms with Gasteiger partial charge in [0, 0.05) is 18.8 Å². The summed E-state index contributed by atoms with van der Waals surface area (Å²) in [4.78, 5) is 0. The molecule has 2 aromatic carbocycles. The molecule has 1 heteroatoms. The third-order valence-corrected chi connectivity index (χ3v) is 3.20. The van der Waals surface area contributed by atoms with E-state index in [0.717, 1.165) is 0 Å². The first-order chi connectivity index (χ1) is 8.86. The highest BCUT2D eigenvalue weighted by molar-refractivity contribution is 5.81. The predicted octanol–water partition coefficient (Wildman–Crippen LogP) is 4.36. The molecule has 0 bridgehead atoms. The van der Waals surface area contributed by atoms with Gasteiger partial charge < -0.3 is 4.57 Å². The van der Waals surface area contributed by atoms with Crippen molar-refractivity contribution in [3.63, 3.8) is 0 Å². The highest BCUT2D eigenvalue weighted by Crippen LogP contribution is 2.32. The van der Waals surface area contributed by atoms with Crippen LogP contribution in [-0.2, 0) is 7.05 Å². The van der Waals surface area contributed by atoms with Crippen molar-refractivity contribution in [2.24, 2.45) is 7.05 Å². The van der Waals surface area contributed by atoms with Gasteiger partial charge in [0.15, 0.2) is 0 Å². The summed E-state index contributed by atoms with van der Waals surface area (Å²) in [5.74, 6) is 0. The molecule has 1 aromatic heterocycles. The molecule has 0 aliphatic heterocycles. The van der Waals surface area contributed by atoms with Gasteiger partial charge in [-0.05, 0) is 17.2 Å². The van der Waals surface area contributed by atoms with Gasteiger partial charge in [0.25, 0.3) is 0 Å². The number of nitrogens with zero attached hydrogens (tertiary/aromatic N) is 1. The number of benzene rings is 2. The predicted molar refractivity (Wildman–Crippen MR) is 76.3 cm³/mol. The second-order valence-electron chi connectivity index (χ2n) is 4.42. The zero-order valence-corrected chi connectivity index (χ0v) is 10.4. The van der Waals surface area contributed by atoms with E-state index in [1.807, 2.05) is 0 Å². The quantitative estimate of drug-likeness (QED) is 0.619. The van der Waals surface area contributed by atoms with Gasteiger partial charge in [-0.3, -0.25) is 0 Å². The molecule has 0 radical (unpaired) electrons. The minimum Gasteiger partial charge on any atom is -0.350 e. The van der Waals surface area contributed by atoms with E-state index in [4.69, 9.17) is 0 Å². The lowest BCUT2D eigenvalue weighted by molar-refractivity contribution is 0.937. The van der Waals surface area contributed by atoms with E-state index in [1.54, 1.807) is 0 Å². The summed E-state index contributed by atoms with van der Waals surface area (Å²) in [6, 6.07) is 23.2. The second kappa shape index (κ2) is 4.53. The number of hydrogen-bond donors (Lipinski definition) is 0. The monoisotopic (exact) mass is 233 g/mol. The van der Waals surface area contributed by atoms with Crippen LogP contribution in [0.2, 0.25) is 0 Å². The fraction of sp³-hybridized carbons (Fsp3) is 0.0588. The number of aromatic nitrogens is 1. The van der Waals surface area contributed by atoms with Crippen molar-refractivity contribution in [3.05, 3.63) is 72.9 Å². The van der Waals surface area contributed by atoms with Crippen molar-refractivity contribution in [3.8, 4) is 22.4 Å². The van der Waals surface area contributed by atoms with Crippen LogP contribution in [0.3, 0.4) is 0 Å². The molecule has 1 heterocycles. The molecule has 0 spiro atoms. The molecule has 0 aliphatic rings. The van der Waals surface area contributed by atoms with Gasteiger partial charge in [-0.1, -0.05) is 60.7 Å². The number of rotatable bonds is 2. The summed E-state index contributed by atoms with van der Waals surface area (Å²) in [5.41, 5.74) is 5.06. The molecule has 0 atom stereocenters. The Kier molecular flexibility index (Phi) is 2.73. The molecule has 88 valence electrons. The van der Waals surface area contributed by atoms with E-state index in [0.29, 0.717) is 0 Å². The van der Waals surface area contributed by atoms with E-state index >= 15 is 0 Å². The minimum atomic E-state index is 1.25. The Morgan fingerprint density at radius 3 is 1.83 bits per heavy atom. The van der Waals surface area contributed by atoms with Crippen LogP contribution in [0, 0.1) is 0 Å². The topological polar surface area (TPSA) is 4.93 Å². The molecule has 0 aliphatic carbocycles. The Morgan fingerprint density at radius 1 is 0.667 bits per heavy atom. The van der Waals surface area contributed by atoms with Crippen molar-refractivity contribution in [1.82, 2.24) is 4.57 Å². The highest BCUT2D eigenvalue weighted by atomic mass is 14.9. The van der Waals surface area contributed by atoms with Crippen LogP contribution in [0.25, 0.3) is 22.4 Å². The van der Waals surface area contributed by atoms with Crippen molar-refractivity contribution in [2.45, 2.75) is 0 Å². The number of hydrogen-bond acceptors (Lipinski definition) is 0. The maximum atomic E-state index is 2.18. The first kappa shape index (κ1) is 10.8. The summed E-state index contributed by atoms with van der Waals surface area (Å²) in [6.45, 7) is 0. The Bertz CT molecular complexity index is 636. The Labute approximate surface area is 107 Å². The Hall–Kier alpha value is -2.28. The standard InChI is InChI=1S/C17H15N/c1-18-13-12-16(14-8-4-2-5-9-14)17(18)15-10-6-3-7-11-15/h2-13H,1H3. The Balaban J connectivity index is 2.19. The molecule has 1 nitrogen and oxygen atoms in total. The Morgan fingerprint density at radius 2 is 1.22 bits per heavy atom. The van der Waals surface area contributed by atoms with Crippen LogP contribution in [0.15, 0.2) is 72.9 Å². The lowest BCUT2D eigenvalue weighted by Gasteiger charge is -2.08. The van der Waals surface area contributed by atoms with Crippen molar-refractivity contribution < 1.29 is 0 Å². The van der Waals surface area contributed by atoms with Gasteiger partial charge in [0.1, 0.15) is 0 Å². The van der Waals surface area contributed by atoms with E-state index in [-0.39, 0.29) is 0 Å². The molecule has 0 fully saturated rings. The molecule has 3 aromatic rings. The minimum absolute atomic E-state index is 1.25. The van der Waals surface area contributed by atoms with Crippen LogP contribution < -0.4 is 0 Å². The SMILES string of the molecule is Cn1ccc(-c2ccccc2)c1-c1ccccc1. The molecule has 3 rings (SSSR count). The number of aryl methyl sites for hydroxylation is 1. The molecule has 0 N–H and O–H groups in total. The zero-order valence-electron chi connectivity index (χ0n) is 10.4. The van der Waals surface area contributed by atoms with E-state index in [1.165, 1.54) is 22.4 Å². The summed E-state index contributed by atoms with van der Waals surface area (Å²) in [6.07, 6.45) is 2.12. The van der Waals surface area contributed by atoms with Gasteiger partial charge in [0.2, 0.25) is 0 Å². The molecule has 18 heavy (non-hydrogen) atoms. The van der Waals surface area contributed by atoms with Crippen LogP contribution in [0.5, 0.6) is 0 Å². The van der Waals surface area contributed by atoms with E-state index < -0.39 is 0 Å². The first-order valence-corrected chi connectivity index (χ1v) is 6.12. The van der Waals surface area contributed by atoms with E-state index in [2.05, 4.69) is 84.5 Å². The summed E-state index contributed by atoms with van der Waals surface area (Å²) < 4.78 is 2.18. The molecule has 0 saturated heterocycles. The third kappa shape index (κ3) is 1.84. The van der Waals surface area contributed by atoms with Gasteiger partial charge in [-0.15, -0.1) is 0 Å². The normalized spacial score (nSPS) is 10.5. The van der Waals surface area contributed by atoms with Crippen LogP contribution >= 0.6 is 0 Å². The average Bonchev–Trinajstić information content (AvgIpc) is 2.83. The molecule has 0 unspecified atom stereocenters. The third-order valence-electron chi connectivity index (χ3n) is 3.20. The molecular weight excluding hydrogens is 218 g/mol. The zero-order chi connectivity index (χ0) is 12.4. The van der Waals surface area contributed by atoms with Crippen LogP contribution in [-0.4, -0.2) is 4.57 Å². The van der Waals surface area contributed by atoms with Gasteiger partial charge in [-0.2, -0.15) is 0 Å². The fourth-order valence-corrected chi connectivity index (χ4v) is 2.34. The lowest BCUT2D eigenvalue weighted by Crippen LogP contribution is -1.91. The van der Waals surface area contributed by atoms with Crippen molar-refractivity contribution in [2.75, 3.05) is 0 Å². The lowest BCUT2D eigenvalue weighted by atomic mass is 10.0. The van der Waals surface area contributed by atoms with Gasteiger partial charge in [-0.25, -0.2) is 0 Å². The molecule has 0 amide bonds.